The zero-order valence-corrected chi connectivity index (χ0v) is 25.7. The molecule has 3 heteroatoms. The lowest BCUT2D eigenvalue weighted by atomic mass is 10.1. The van der Waals surface area contributed by atoms with Gasteiger partial charge >= 0.3 is 0 Å². The van der Waals surface area contributed by atoms with Crippen LogP contribution >= 0.6 is 0 Å². The Bertz CT molecular complexity index is 1480. The van der Waals surface area contributed by atoms with Gasteiger partial charge in [-0.2, -0.15) is 0 Å². The normalized spacial score (nSPS) is 11.2. The second-order valence-corrected chi connectivity index (χ2v) is 11.6. The van der Waals surface area contributed by atoms with Crippen molar-refractivity contribution in [2.24, 2.45) is 0 Å². The van der Waals surface area contributed by atoms with Crippen LogP contribution in [0.1, 0.15) is 33.4 Å². The molecular weight excluding hydrogens is 548 g/mol. The fourth-order valence-corrected chi connectivity index (χ4v) is 5.68. The molecule has 224 valence electrons. The first-order valence-corrected chi connectivity index (χ1v) is 15.7. The van der Waals surface area contributed by atoms with Crippen LogP contribution in [0.25, 0.3) is 0 Å². The van der Waals surface area contributed by atoms with Gasteiger partial charge in [-0.25, -0.2) is 0 Å². The summed E-state index contributed by atoms with van der Waals surface area (Å²) in [6.45, 7) is 5.31. The van der Waals surface area contributed by atoms with E-state index in [0.29, 0.717) is 0 Å². The van der Waals surface area contributed by atoms with Gasteiger partial charge in [0.15, 0.2) is 0 Å². The SMILES string of the molecule is c1ccc(CN(Cc2ccccc2)Cc2ccc(Oc3ccc(CN(Cc4ccccc4)Cc4ccccc4)cc3)cc2)cc1. The Morgan fingerprint density at radius 1 is 0.267 bits per heavy atom. The van der Waals surface area contributed by atoms with Gasteiger partial charge in [0.25, 0.3) is 0 Å². The van der Waals surface area contributed by atoms with Crippen molar-refractivity contribution >= 4 is 0 Å². The van der Waals surface area contributed by atoms with E-state index < -0.39 is 0 Å². The second kappa shape index (κ2) is 15.7. The summed E-state index contributed by atoms with van der Waals surface area (Å²) in [5, 5.41) is 0. The molecule has 0 aliphatic carbocycles. The van der Waals surface area contributed by atoms with Crippen molar-refractivity contribution < 1.29 is 4.74 Å². The second-order valence-electron chi connectivity index (χ2n) is 11.6. The summed E-state index contributed by atoms with van der Waals surface area (Å²) in [5.74, 6) is 1.69. The molecule has 0 bridgehead atoms. The number of hydrogen-bond donors (Lipinski definition) is 0. The highest BCUT2D eigenvalue weighted by Crippen LogP contribution is 2.24. The third-order valence-electron chi connectivity index (χ3n) is 7.89. The molecule has 0 aliphatic rings. The zero-order chi connectivity index (χ0) is 30.5. The van der Waals surface area contributed by atoms with Gasteiger partial charge in [0.2, 0.25) is 0 Å². The van der Waals surface area contributed by atoms with E-state index >= 15 is 0 Å². The Hall–Kier alpha value is -4.96. The van der Waals surface area contributed by atoms with E-state index in [-0.39, 0.29) is 0 Å². The lowest BCUT2D eigenvalue weighted by molar-refractivity contribution is 0.247. The van der Waals surface area contributed by atoms with Crippen molar-refractivity contribution in [2.75, 3.05) is 0 Å². The molecule has 0 N–H and O–H groups in total. The summed E-state index contributed by atoms with van der Waals surface area (Å²) in [6.07, 6.45) is 0. The monoisotopic (exact) mass is 588 g/mol. The summed E-state index contributed by atoms with van der Waals surface area (Å²) in [7, 11) is 0. The Balaban J connectivity index is 1.08. The van der Waals surface area contributed by atoms with Gasteiger partial charge in [-0.3, -0.25) is 9.80 Å². The Morgan fingerprint density at radius 2 is 0.489 bits per heavy atom. The van der Waals surface area contributed by atoms with Gasteiger partial charge in [0.05, 0.1) is 0 Å². The van der Waals surface area contributed by atoms with Crippen molar-refractivity contribution in [1.29, 1.82) is 0 Å². The van der Waals surface area contributed by atoms with Crippen LogP contribution in [0.4, 0.5) is 0 Å². The van der Waals surface area contributed by atoms with E-state index in [2.05, 4.69) is 180 Å². The molecule has 0 spiro atoms. The predicted octanol–water partition coefficient (Wildman–Crippen LogP) is 9.88. The maximum atomic E-state index is 6.25. The van der Waals surface area contributed by atoms with E-state index in [1.54, 1.807) is 0 Å². The molecule has 0 heterocycles. The minimum absolute atomic E-state index is 0.846. The van der Waals surface area contributed by atoms with Gasteiger partial charge in [0, 0.05) is 39.3 Å². The maximum Gasteiger partial charge on any atom is 0.127 e. The van der Waals surface area contributed by atoms with E-state index in [1.807, 2.05) is 0 Å². The Morgan fingerprint density at radius 3 is 0.733 bits per heavy atom. The van der Waals surface area contributed by atoms with E-state index in [9.17, 15) is 0 Å². The average molecular weight is 589 g/mol. The average Bonchev–Trinajstić information content (AvgIpc) is 3.08. The summed E-state index contributed by atoms with van der Waals surface area (Å²) in [6, 6.07) is 59.8. The van der Waals surface area contributed by atoms with Crippen LogP contribution in [-0.2, 0) is 39.3 Å². The first-order chi connectivity index (χ1) is 22.2. The first kappa shape index (κ1) is 30.1. The molecule has 3 nitrogen and oxygen atoms in total. The molecule has 6 rings (SSSR count). The number of nitrogens with zero attached hydrogens (tertiary/aromatic N) is 2. The third kappa shape index (κ3) is 9.51. The van der Waals surface area contributed by atoms with Gasteiger partial charge in [-0.15, -0.1) is 0 Å². The molecule has 0 aliphatic heterocycles. The maximum absolute atomic E-state index is 6.25. The van der Waals surface area contributed by atoms with E-state index in [4.69, 9.17) is 4.74 Å². The quantitative estimate of drug-likeness (QED) is 0.126. The van der Waals surface area contributed by atoms with Crippen molar-refractivity contribution in [2.45, 2.75) is 39.3 Å². The molecule has 0 aromatic heterocycles. The Labute approximate surface area is 268 Å². The van der Waals surface area contributed by atoms with Crippen LogP contribution in [0.2, 0.25) is 0 Å². The van der Waals surface area contributed by atoms with Gasteiger partial charge in [0.1, 0.15) is 11.5 Å². The van der Waals surface area contributed by atoms with Crippen LogP contribution in [0.15, 0.2) is 170 Å². The summed E-state index contributed by atoms with van der Waals surface area (Å²) < 4.78 is 6.25. The molecule has 0 saturated carbocycles. The van der Waals surface area contributed by atoms with Crippen LogP contribution < -0.4 is 4.74 Å². The highest BCUT2D eigenvalue weighted by molar-refractivity contribution is 5.35. The number of rotatable bonds is 14. The molecule has 0 fully saturated rings. The number of benzene rings is 6. The lowest BCUT2D eigenvalue weighted by Gasteiger charge is -2.23. The minimum Gasteiger partial charge on any atom is -0.457 e. The fraction of sp³-hybridized carbons (Fsp3) is 0.143. The van der Waals surface area contributed by atoms with Gasteiger partial charge in [-0.05, 0) is 57.6 Å². The molecule has 0 radical (unpaired) electrons. The van der Waals surface area contributed by atoms with E-state index in [0.717, 1.165) is 50.8 Å². The van der Waals surface area contributed by atoms with Crippen LogP contribution in [0, 0.1) is 0 Å². The third-order valence-corrected chi connectivity index (χ3v) is 7.89. The molecule has 0 saturated heterocycles. The van der Waals surface area contributed by atoms with Crippen LogP contribution in [0.5, 0.6) is 11.5 Å². The lowest BCUT2D eigenvalue weighted by Crippen LogP contribution is -2.22. The molecule has 45 heavy (non-hydrogen) atoms. The summed E-state index contributed by atoms with van der Waals surface area (Å²) in [4.78, 5) is 4.97. The highest BCUT2D eigenvalue weighted by Gasteiger charge is 2.11. The van der Waals surface area contributed by atoms with Gasteiger partial charge < -0.3 is 4.74 Å². The Kier molecular flexibility index (Phi) is 10.5. The topological polar surface area (TPSA) is 15.7 Å². The van der Waals surface area contributed by atoms with Crippen molar-refractivity contribution in [3.05, 3.63) is 203 Å². The number of hydrogen-bond acceptors (Lipinski definition) is 3. The minimum atomic E-state index is 0.846. The molecule has 0 unspecified atom stereocenters. The van der Waals surface area contributed by atoms with Crippen molar-refractivity contribution in [3.8, 4) is 11.5 Å². The van der Waals surface area contributed by atoms with Crippen LogP contribution in [-0.4, -0.2) is 9.80 Å². The predicted molar refractivity (Wildman–Crippen MR) is 185 cm³/mol. The van der Waals surface area contributed by atoms with Crippen LogP contribution in [0.3, 0.4) is 0 Å². The molecule has 0 amide bonds. The molecule has 0 atom stereocenters. The zero-order valence-electron chi connectivity index (χ0n) is 25.7. The summed E-state index contributed by atoms with van der Waals surface area (Å²) in [5.41, 5.74) is 7.81. The first-order valence-electron chi connectivity index (χ1n) is 15.7. The number of ether oxygens (including phenoxy) is 1. The standard InChI is InChI=1S/C42H40N2O/c1-5-13-35(14-6-1)29-43(30-36-15-7-2-8-16-36)33-39-21-25-41(26-22-39)45-42-27-23-40(24-28-42)34-44(31-37-17-9-3-10-18-37)32-38-19-11-4-12-20-38/h1-28H,29-34H2. The van der Waals surface area contributed by atoms with E-state index in [1.165, 1.54) is 33.4 Å². The fourth-order valence-electron chi connectivity index (χ4n) is 5.68. The molecular formula is C42H40N2O. The summed E-state index contributed by atoms with van der Waals surface area (Å²) >= 11 is 0. The largest absolute Gasteiger partial charge is 0.457 e. The van der Waals surface area contributed by atoms with Crippen molar-refractivity contribution in [3.63, 3.8) is 0 Å². The molecule has 6 aromatic rings. The molecule has 6 aromatic carbocycles. The highest BCUT2D eigenvalue weighted by atomic mass is 16.5. The van der Waals surface area contributed by atoms with Crippen molar-refractivity contribution in [1.82, 2.24) is 9.80 Å². The smallest absolute Gasteiger partial charge is 0.127 e. The van der Waals surface area contributed by atoms with Gasteiger partial charge in [-0.1, -0.05) is 146 Å².